The van der Waals surface area contributed by atoms with E-state index in [2.05, 4.69) is 10.6 Å². The van der Waals surface area contributed by atoms with Gasteiger partial charge in [-0.25, -0.2) is 4.79 Å². The minimum Gasteiger partial charge on any atom is -0.407 e. The number of fused-ring (bicyclic) bond motifs is 1. The highest BCUT2D eigenvalue weighted by Gasteiger charge is 2.14. The molecule has 9 nitrogen and oxygen atoms in total. The fraction of sp³-hybridized carbons (Fsp3) is 0.467. The number of carbonyl (C=O) groups excluding carboxylic acids is 1. The van der Waals surface area contributed by atoms with Crippen LogP contribution in [0.3, 0.4) is 0 Å². The smallest absolute Gasteiger partial charge is 0.407 e. The number of hydrogen-bond donors (Lipinski definition) is 2. The molecule has 1 heterocycles. The van der Waals surface area contributed by atoms with Gasteiger partial charge in [-0.3, -0.25) is 19.5 Å². The van der Waals surface area contributed by atoms with Crippen molar-refractivity contribution >= 4 is 22.7 Å². The van der Waals surface area contributed by atoms with Crippen LogP contribution in [0.5, 0.6) is 0 Å². The standard InChI is InChI=1S/C15H20N4O5/c1-16-7-3-8-17-14(20)4-2-9-18-12-6-5-11(19(22)23)10-13(12)24-15(18)21/h5-6,10,16H,2-4,7-9H2,1H3,(H,17,20). The van der Waals surface area contributed by atoms with Gasteiger partial charge in [-0.2, -0.15) is 0 Å². The van der Waals surface area contributed by atoms with Gasteiger partial charge in [-0.1, -0.05) is 0 Å². The first kappa shape index (κ1) is 17.7. The summed E-state index contributed by atoms with van der Waals surface area (Å²) in [7, 11) is 1.85. The van der Waals surface area contributed by atoms with Crippen LogP contribution in [0.4, 0.5) is 5.69 Å². The van der Waals surface area contributed by atoms with Crippen molar-refractivity contribution in [1.29, 1.82) is 0 Å². The van der Waals surface area contributed by atoms with Crippen molar-refractivity contribution < 1.29 is 14.1 Å². The maximum atomic E-state index is 11.9. The van der Waals surface area contributed by atoms with Gasteiger partial charge in [0.25, 0.3) is 5.69 Å². The van der Waals surface area contributed by atoms with E-state index >= 15 is 0 Å². The van der Waals surface area contributed by atoms with E-state index in [-0.39, 0.29) is 17.2 Å². The molecule has 0 saturated heterocycles. The molecule has 1 amide bonds. The monoisotopic (exact) mass is 336 g/mol. The van der Waals surface area contributed by atoms with Crippen LogP contribution in [0.2, 0.25) is 0 Å². The number of carbonyl (C=O) groups is 1. The van der Waals surface area contributed by atoms with Crippen LogP contribution in [0.15, 0.2) is 27.4 Å². The molecule has 0 unspecified atom stereocenters. The molecule has 24 heavy (non-hydrogen) atoms. The number of hydrogen-bond acceptors (Lipinski definition) is 6. The van der Waals surface area contributed by atoms with E-state index in [0.29, 0.717) is 31.4 Å². The minimum atomic E-state index is -0.583. The van der Waals surface area contributed by atoms with Crippen molar-refractivity contribution in [2.45, 2.75) is 25.8 Å². The summed E-state index contributed by atoms with van der Waals surface area (Å²) in [6.45, 7) is 1.76. The van der Waals surface area contributed by atoms with Crippen LogP contribution in [-0.2, 0) is 11.3 Å². The number of nitrogens with one attached hydrogen (secondary N) is 2. The summed E-state index contributed by atoms with van der Waals surface area (Å²) < 4.78 is 6.42. The van der Waals surface area contributed by atoms with Crippen LogP contribution >= 0.6 is 0 Å². The molecule has 0 atom stereocenters. The Morgan fingerprint density at radius 1 is 1.33 bits per heavy atom. The molecule has 2 aromatic rings. The number of nitrogens with zero attached hydrogens (tertiary/aromatic N) is 2. The number of aromatic nitrogens is 1. The molecule has 1 aromatic carbocycles. The SMILES string of the molecule is CNCCCNC(=O)CCCn1c(=O)oc2cc([N+](=O)[O-])ccc21. The van der Waals surface area contributed by atoms with Gasteiger partial charge in [0, 0.05) is 25.6 Å². The number of nitro benzene ring substituents is 1. The van der Waals surface area contributed by atoms with Crippen molar-refractivity contribution in [2.75, 3.05) is 20.1 Å². The number of amides is 1. The zero-order valence-electron chi connectivity index (χ0n) is 13.4. The lowest BCUT2D eigenvalue weighted by Crippen LogP contribution is -2.26. The van der Waals surface area contributed by atoms with Gasteiger partial charge in [-0.05, 0) is 32.5 Å². The number of rotatable bonds is 9. The second kappa shape index (κ2) is 8.25. The highest BCUT2D eigenvalue weighted by atomic mass is 16.6. The second-order valence-electron chi connectivity index (χ2n) is 5.34. The maximum absolute atomic E-state index is 11.9. The summed E-state index contributed by atoms with van der Waals surface area (Å²) in [5.41, 5.74) is 0.523. The quantitative estimate of drug-likeness (QED) is 0.401. The van der Waals surface area contributed by atoms with Gasteiger partial charge in [0.1, 0.15) is 0 Å². The van der Waals surface area contributed by atoms with E-state index in [1.165, 1.54) is 22.8 Å². The molecule has 1 aromatic heterocycles. The third kappa shape index (κ3) is 4.42. The highest BCUT2D eigenvalue weighted by Crippen LogP contribution is 2.20. The van der Waals surface area contributed by atoms with Crippen molar-refractivity contribution in [3.8, 4) is 0 Å². The van der Waals surface area contributed by atoms with Crippen LogP contribution in [0, 0.1) is 10.1 Å². The van der Waals surface area contributed by atoms with Crippen molar-refractivity contribution in [3.05, 3.63) is 38.9 Å². The van der Waals surface area contributed by atoms with E-state index in [1.807, 2.05) is 7.05 Å². The summed E-state index contributed by atoms with van der Waals surface area (Å²) in [4.78, 5) is 33.7. The number of nitro groups is 1. The number of non-ortho nitro benzene ring substituents is 1. The summed E-state index contributed by atoms with van der Waals surface area (Å²) in [6.07, 6.45) is 1.63. The first-order valence-electron chi connectivity index (χ1n) is 7.72. The van der Waals surface area contributed by atoms with Crippen LogP contribution in [-0.4, -0.2) is 35.5 Å². The van der Waals surface area contributed by atoms with Gasteiger partial charge >= 0.3 is 5.76 Å². The molecule has 9 heteroatoms. The fourth-order valence-corrected chi connectivity index (χ4v) is 2.36. The van der Waals surface area contributed by atoms with E-state index in [9.17, 15) is 19.7 Å². The molecular weight excluding hydrogens is 316 g/mol. The Labute approximate surface area is 137 Å². The molecule has 0 aliphatic heterocycles. The third-order valence-electron chi connectivity index (χ3n) is 3.57. The molecule has 0 saturated carbocycles. The average molecular weight is 336 g/mol. The zero-order chi connectivity index (χ0) is 17.5. The number of aryl methyl sites for hydroxylation is 1. The second-order valence-corrected chi connectivity index (χ2v) is 5.34. The summed E-state index contributed by atoms with van der Waals surface area (Å²) >= 11 is 0. The third-order valence-corrected chi connectivity index (χ3v) is 3.57. The molecule has 0 fully saturated rings. The number of oxazole rings is 1. The topological polar surface area (TPSA) is 119 Å². The van der Waals surface area contributed by atoms with Gasteiger partial charge < -0.3 is 15.1 Å². The van der Waals surface area contributed by atoms with Crippen LogP contribution in [0.1, 0.15) is 19.3 Å². The van der Waals surface area contributed by atoms with E-state index in [4.69, 9.17) is 4.42 Å². The lowest BCUT2D eigenvalue weighted by molar-refractivity contribution is -0.384. The Hall–Kier alpha value is -2.68. The molecule has 0 aliphatic carbocycles. The Bertz CT molecular complexity index is 780. The molecule has 0 spiro atoms. The van der Waals surface area contributed by atoms with E-state index in [1.54, 1.807) is 0 Å². The highest BCUT2D eigenvalue weighted by molar-refractivity contribution is 5.76. The van der Waals surface area contributed by atoms with Crippen LogP contribution < -0.4 is 16.4 Å². The molecule has 0 aliphatic rings. The Balaban J connectivity index is 1.93. The largest absolute Gasteiger partial charge is 0.419 e. The van der Waals surface area contributed by atoms with Crippen molar-refractivity contribution in [1.82, 2.24) is 15.2 Å². The predicted octanol–water partition coefficient (Wildman–Crippen LogP) is 1.01. The average Bonchev–Trinajstić information content (AvgIpc) is 2.86. The van der Waals surface area contributed by atoms with Crippen LogP contribution in [0.25, 0.3) is 11.1 Å². The number of benzene rings is 1. The Kier molecular flexibility index (Phi) is 6.07. The lowest BCUT2D eigenvalue weighted by atomic mass is 10.2. The minimum absolute atomic E-state index is 0.0670. The van der Waals surface area contributed by atoms with Crippen molar-refractivity contribution in [2.24, 2.45) is 0 Å². The van der Waals surface area contributed by atoms with Gasteiger partial charge in [0.15, 0.2) is 5.58 Å². The normalized spacial score (nSPS) is 10.9. The van der Waals surface area contributed by atoms with Crippen molar-refractivity contribution in [3.63, 3.8) is 0 Å². The molecule has 130 valence electrons. The zero-order valence-corrected chi connectivity index (χ0v) is 13.4. The van der Waals surface area contributed by atoms with E-state index < -0.39 is 10.7 Å². The lowest BCUT2D eigenvalue weighted by Gasteiger charge is -2.05. The molecule has 0 radical (unpaired) electrons. The summed E-state index contributed by atoms with van der Waals surface area (Å²) in [5, 5.41) is 16.5. The summed E-state index contributed by atoms with van der Waals surface area (Å²) in [5.74, 6) is -0.650. The van der Waals surface area contributed by atoms with E-state index in [0.717, 1.165) is 13.0 Å². The maximum Gasteiger partial charge on any atom is 0.419 e. The summed E-state index contributed by atoms with van der Waals surface area (Å²) in [6, 6.07) is 4.03. The molecule has 2 N–H and O–H groups in total. The molecule has 0 bridgehead atoms. The fourth-order valence-electron chi connectivity index (χ4n) is 2.36. The first-order chi connectivity index (χ1) is 11.5. The first-order valence-corrected chi connectivity index (χ1v) is 7.72. The van der Waals surface area contributed by atoms with Gasteiger partial charge in [0.05, 0.1) is 16.5 Å². The van der Waals surface area contributed by atoms with Gasteiger partial charge in [-0.15, -0.1) is 0 Å². The Morgan fingerprint density at radius 3 is 2.83 bits per heavy atom. The Morgan fingerprint density at radius 2 is 2.12 bits per heavy atom. The molecular formula is C15H20N4O5. The predicted molar refractivity (Wildman–Crippen MR) is 87.9 cm³/mol. The molecule has 2 rings (SSSR count). The van der Waals surface area contributed by atoms with Gasteiger partial charge in [0.2, 0.25) is 5.91 Å².